The molecule has 4 rings (SSSR count). The number of fused-ring (bicyclic) bond motifs is 1. The number of rotatable bonds is 3. The summed E-state index contributed by atoms with van der Waals surface area (Å²) in [7, 11) is 1.03. The Morgan fingerprint density at radius 1 is 0.962 bits per heavy atom. The van der Waals surface area contributed by atoms with E-state index >= 15 is 0 Å². The highest BCUT2D eigenvalue weighted by Gasteiger charge is 2.18. The van der Waals surface area contributed by atoms with E-state index < -0.39 is 5.97 Å². The van der Waals surface area contributed by atoms with E-state index in [1.54, 1.807) is 6.08 Å². The number of carboxylic acids is 1. The summed E-state index contributed by atoms with van der Waals surface area (Å²) in [5.41, 5.74) is 3.98. The molecule has 4 heteroatoms. The van der Waals surface area contributed by atoms with Gasteiger partial charge >= 0.3 is 5.97 Å². The summed E-state index contributed by atoms with van der Waals surface area (Å²) >= 11 is 0. The van der Waals surface area contributed by atoms with Crippen molar-refractivity contribution in [2.24, 2.45) is 4.99 Å². The lowest BCUT2D eigenvalue weighted by Gasteiger charge is -2.18. The van der Waals surface area contributed by atoms with Crippen molar-refractivity contribution in [3.63, 3.8) is 0 Å². The van der Waals surface area contributed by atoms with Gasteiger partial charge in [0.1, 0.15) is 5.71 Å². The monoisotopic (exact) mass is 341 g/mol. The van der Waals surface area contributed by atoms with Crippen LogP contribution < -0.4 is 10.9 Å². The lowest BCUT2D eigenvalue weighted by Crippen LogP contribution is -2.26. The SMILES string of the molecule is B(c1ccccc1)c1ccccc1.O=C(O)C1=NC2CC=CC=C2C=C1. The topological polar surface area (TPSA) is 49.7 Å². The molecular formula is C22H20BNO2. The summed E-state index contributed by atoms with van der Waals surface area (Å²) < 4.78 is 0. The third kappa shape index (κ3) is 4.93. The maximum atomic E-state index is 10.6. The van der Waals surface area contributed by atoms with Gasteiger partial charge in [-0.2, -0.15) is 0 Å². The first-order valence-corrected chi connectivity index (χ1v) is 8.66. The number of carbonyl (C=O) groups is 1. The van der Waals surface area contributed by atoms with Crippen molar-refractivity contribution in [2.45, 2.75) is 12.5 Å². The molecule has 2 aromatic rings. The van der Waals surface area contributed by atoms with Gasteiger partial charge in [0, 0.05) is 0 Å². The molecule has 0 radical (unpaired) electrons. The molecule has 26 heavy (non-hydrogen) atoms. The van der Waals surface area contributed by atoms with Gasteiger partial charge < -0.3 is 5.11 Å². The summed E-state index contributed by atoms with van der Waals surface area (Å²) in [6.07, 6.45) is 10.1. The quantitative estimate of drug-likeness (QED) is 0.872. The number of hydrogen-bond acceptors (Lipinski definition) is 2. The predicted octanol–water partition coefficient (Wildman–Crippen LogP) is 2.41. The van der Waals surface area contributed by atoms with Gasteiger partial charge in [0.2, 0.25) is 0 Å². The summed E-state index contributed by atoms with van der Waals surface area (Å²) in [5.74, 6) is -0.954. The second-order valence-corrected chi connectivity index (χ2v) is 6.15. The van der Waals surface area contributed by atoms with Crippen molar-refractivity contribution < 1.29 is 9.90 Å². The van der Waals surface area contributed by atoms with Gasteiger partial charge in [-0.1, -0.05) is 95.9 Å². The Bertz CT molecular complexity index is 830. The highest BCUT2D eigenvalue weighted by Crippen LogP contribution is 2.21. The van der Waals surface area contributed by atoms with Crippen LogP contribution in [0.3, 0.4) is 0 Å². The first kappa shape index (κ1) is 17.7. The Hall–Kier alpha value is -3.14. The second-order valence-electron chi connectivity index (χ2n) is 6.15. The molecule has 1 atom stereocenters. The standard InChI is InChI=1S/C12H11B.C10H9NO2/c1-3-7-11(8-4-1)13-12-9-5-2-6-10-12;12-10(13)9-6-5-7-3-1-2-4-8(7)11-9/h1-10,13H;1-3,5-6,8H,4H2,(H,12,13). The zero-order valence-electron chi connectivity index (χ0n) is 14.5. The van der Waals surface area contributed by atoms with Crippen LogP contribution in [0.5, 0.6) is 0 Å². The van der Waals surface area contributed by atoms with Gasteiger partial charge in [-0.05, 0) is 18.1 Å². The summed E-state index contributed by atoms with van der Waals surface area (Å²) in [6.45, 7) is 0. The lowest BCUT2D eigenvalue weighted by molar-refractivity contribution is -0.129. The van der Waals surface area contributed by atoms with E-state index in [0.717, 1.165) is 19.3 Å². The minimum atomic E-state index is -0.954. The number of dihydropyridines is 1. The van der Waals surface area contributed by atoms with Crippen molar-refractivity contribution in [1.82, 2.24) is 0 Å². The number of aliphatic imine (C=N–C) groups is 1. The number of carboxylic acid groups (broad SMARTS) is 1. The molecule has 2 aliphatic rings. The highest BCUT2D eigenvalue weighted by atomic mass is 16.4. The third-order valence-corrected chi connectivity index (χ3v) is 4.21. The van der Waals surface area contributed by atoms with E-state index in [2.05, 4.69) is 65.7 Å². The van der Waals surface area contributed by atoms with E-state index in [-0.39, 0.29) is 11.8 Å². The molecule has 1 aliphatic carbocycles. The van der Waals surface area contributed by atoms with E-state index in [9.17, 15) is 4.79 Å². The Kier molecular flexibility index (Phi) is 5.99. The largest absolute Gasteiger partial charge is 0.477 e. The first-order chi connectivity index (χ1) is 12.7. The molecule has 0 fully saturated rings. The van der Waals surface area contributed by atoms with Crippen molar-refractivity contribution in [3.05, 3.63) is 96.6 Å². The molecule has 1 heterocycles. The van der Waals surface area contributed by atoms with Gasteiger partial charge in [-0.25, -0.2) is 4.79 Å². The van der Waals surface area contributed by atoms with Crippen molar-refractivity contribution >= 4 is 29.9 Å². The fraction of sp³-hybridized carbons (Fsp3) is 0.0909. The van der Waals surface area contributed by atoms with Gasteiger partial charge in [-0.15, -0.1) is 0 Å². The van der Waals surface area contributed by atoms with E-state index in [1.807, 2.05) is 24.3 Å². The predicted molar refractivity (Wildman–Crippen MR) is 109 cm³/mol. The highest BCUT2D eigenvalue weighted by molar-refractivity contribution is 6.67. The van der Waals surface area contributed by atoms with Crippen LogP contribution in [0.2, 0.25) is 0 Å². The Morgan fingerprint density at radius 2 is 1.58 bits per heavy atom. The van der Waals surface area contributed by atoms with Gasteiger partial charge in [-0.3, -0.25) is 4.99 Å². The Labute approximate surface area is 154 Å². The van der Waals surface area contributed by atoms with Crippen LogP contribution >= 0.6 is 0 Å². The van der Waals surface area contributed by atoms with E-state index in [0.29, 0.717) is 0 Å². The van der Waals surface area contributed by atoms with Crippen LogP contribution in [0.15, 0.2) is 102 Å². The van der Waals surface area contributed by atoms with Crippen molar-refractivity contribution in [3.8, 4) is 0 Å². The number of hydrogen-bond donors (Lipinski definition) is 1. The van der Waals surface area contributed by atoms with Gasteiger partial charge in [0.15, 0.2) is 7.28 Å². The minimum absolute atomic E-state index is 0.0149. The first-order valence-electron chi connectivity index (χ1n) is 8.66. The van der Waals surface area contributed by atoms with Crippen LogP contribution in [-0.4, -0.2) is 30.1 Å². The average Bonchev–Trinajstić information content (AvgIpc) is 2.70. The molecule has 1 N–H and O–H groups in total. The summed E-state index contributed by atoms with van der Waals surface area (Å²) in [5, 5.41) is 8.71. The number of nitrogens with zero attached hydrogens (tertiary/aromatic N) is 1. The molecule has 0 saturated carbocycles. The lowest BCUT2D eigenvalue weighted by atomic mass is 9.64. The molecule has 0 aromatic heterocycles. The fourth-order valence-electron chi connectivity index (χ4n) is 2.87. The summed E-state index contributed by atoms with van der Waals surface area (Å²) in [6, 6.07) is 21.1. The molecule has 128 valence electrons. The Morgan fingerprint density at radius 3 is 2.15 bits per heavy atom. The maximum absolute atomic E-state index is 10.6. The zero-order chi connectivity index (χ0) is 18.2. The van der Waals surface area contributed by atoms with Gasteiger partial charge in [0.25, 0.3) is 0 Å². The minimum Gasteiger partial charge on any atom is -0.477 e. The molecule has 3 nitrogen and oxygen atoms in total. The molecular weight excluding hydrogens is 321 g/mol. The molecule has 0 amide bonds. The molecule has 1 unspecified atom stereocenters. The van der Waals surface area contributed by atoms with Gasteiger partial charge in [0.05, 0.1) is 6.04 Å². The molecule has 2 aromatic carbocycles. The van der Waals surface area contributed by atoms with Crippen molar-refractivity contribution in [2.75, 3.05) is 0 Å². The average molecular weight is 341 g/mol. The van der Waals surface area contributed by atoms with E-state index in [4.69, 9.17) is 5.11 Å². The van der Waals surface area contributed by atoms with Crippen LogP contribution in [-0.2, 0) is 4.79 Å². The van der Waals surface area contributed by atoms with E-state index in [1.165, 1.54) is 10.9 Å². The maximum Gasteiger partial charge on any atom is 0.354 e. The van der Waals surface area contributed by atoms with Crippen LogP contribution in [0.4, 0.5) is 0 Å². The second kappa shape index (κ2) is 8.81. The molecule has 0 bridgehead atoms. The zero-order valence-corrected chi connectivity index (χ0v) is 14.5. The fourth-order valence-corrected chi connectivity index (χ4v) is 2.87. The van der Waals surface area contributed by atoms with Crippen molar-refractivity contribution in [1.29, 1.82) is 0 Å². The summed E-state index contributed by atoms with van der Waals surface area (Å²) in [4.78, 5) is 14.7. The normalized spacial score (nSPS) is 17.2. The molecule has 0 spiro atoms. The van der Waals surface area contributed by atoms with Crippen LogP contribution in [0.25, 0.3) is 0 Å². The third-order valence-electron chi connectivity index (χ3n) is 4.21. The number of aliphatic carboxylic acids is 1. The van der Waals surface area contributed by atoms with Crippen LogP contribution in [0, 0.1) is 0 Å². The smallest absolute Gasteiger partial charge is 0.354 e. The number of benzene rings is 2. The number of allylic oxidation sites excluding steroid dienone is 2. The van der Waals surface area contributed by atoms with Crippen LogP contribution in [0.1, 0.15) is 6.42 Å². The molecule has 0 saturated heterocycles. The molecule has 1 aliphatic heterocycles. The Balaban J connectivity index is 0.000000151.